The Morgan fingerprint density at radius 1 is 1.21 bits per heavy atom. The molecule has 29 heavy (non-hydrogen) atoms. The summed E-state index contributed by atoms with van der Waals surface area (Å²) < 4.78 is 10.4. The van der Waals surface area contributed by atoms with Crippen molar-refractivity contribution in [3.63, 3.8) is 0 Å². The molecule has 2 aromatic rings. The second-order valence-electron chi connectivity index (χ2n) is 6.95. The van der Waals surface area contributed by atoms with Crippen molar-refractivity contribution in [2.75, 3.05) is 12.4 Å². The van der Waals surface area contributed by atoms with Crippen LogP contribution in [0.3, 0.4) is 0 Å². The van der Waals surface area contributed by atoms with Crippen LogP contribution in [0.5, 0.6) is 0 Å². The molecular formula is C21H23N3O5. The van der Waals surface area contributed by atoms with Gasteiger partial charge in [-0.05, 0) is 50.6 Å². The molecular weight excluding hydrogens is 374 g/mol. The van der Waals surface area contributed by atoms with Gasteiger partial charge in [0.2, 0.25) is 0 Å². The van der Waals surface area contributed by atoms with Crippen LogP contribution in [0.4, 0.5) is 10.5 Å². The molecule has 1 aliphatic rings. The molecule has 2 heterocycles. The monoisotopic (exact) mass is 397 g/mol. The molecule has 3 rings (SSSR count). The van der Waals surface area contributed by atoms with Crippen LogP contribution in [0.15, 0.2) is 58.3 Å². The van der Waals surface area contributed by atoms with E-state index in [0.717, 1.165) is 0 Å². The minimum atomic E-state index is -0.653. The summed E-state index contributed by atoms with van der Waals surface area (Å²) in [5.41, 5.74) is 2.15. The molecule has 0 saturated carbocycles. The molecule has 0 aliphatic carbocycles. The summed E-state index contributed by atoms with van der Waals surface area (Å²) in [7, 11) is 1.59. The number of carbonyl (C=O) groups excluding carboxylic acids is 3. The number of nitrogens with one attached hydrogen (secondary N) is 2. The smallest absolute Gasteiger partial charge is 0.338 e. The second-order valence-corrected chi connectivity index (χ2v) is 6.95. The molecule has 0 saturated heterocycles. The van der Waals surface area contributed by atoms with E-state index in [0.29, 0.717) is 22.5 Å². The highest BCUT2D eigenvalue weighted by atomic mass is 16.5. The molecule has 1 atom stereocenters. The zero-order valence-electron chi connectivity index (χ0n) is 16.7. The van der Waals surface area contributed by atoms with Gasteiger partial charge in [0.25, 0.3) is 5.91 Å². The highest BCUT2D eigenvalue weighted by Gasteiger charge is 2.35. The molecule has 3 amide bonds. The fourth-order valence-corrected chi connectivity index (χ4v) is 2.99. The number of esters is 1. The first-order valence-corrected chi connectivity index (χ1v) is 9.18. The average molecular weight is 397 g/mol. The van der Waals surface area contributed by atoms with E-state index >= 15 is 0 Å². The third kappa shape index (κ3) is 4.31. The Morgan fingerprint density at radius 2 is 1.90 bits per heavy atom. The number of allylic oxidation sites excluding steroid dienone is 1. The maximum Gasteiger partial charge on any atom is 0.338 e. The molecule has 1 aliphatic heterocycles. The predicted octanol–water partition coefficient (Wildman–Crippen LogP) is 3.45. The number of furan rings is 1. The van der Waals surface area contributed by atoms with Crippen molar-refractivity contribution in [1.82, 2.24) is 10.2 Å². The lowest BCUT2D eigenvalue weighted by atomic mass is 9.95. The molecule has 0 unspecified atom stereocenters. The molecule has 0 fully saturated rings. The van der Waals surface area contributed by atoms with Gasteiger partial charge in [0.15, 0.2) is 5.76 Å². The molecule has 0 radical (unpaired) electrons. The van der Waals surface area contributed by atoms with Crippen LogP contribution in [0, 0.1) is 0 Å². The van der Waals surface area contributed by atoms with E-state index in [1.165, 1.54) is 11.2 Å². The first kappa shape index (κ1) is 20.2. The second kappa shape index (κ2) is 8.22. The van der Waals surface area contributed by atoms with Crippen molar-refractivity contribution < 1.29 is 23.5 Å². The molecule has 8 nitrogen and oxygen atoms in total. The number of urea groups is 1. The van der Waals surface area contributed by atoms with Gasteiger partial charge >= 0.3 is 12.0 Å². The Bertz CT molecular complexity index is 945. The van der Waals surface area contributed by atoms with E-state index in [1.807, 2.05) is 0 Å². The lowest BCUT2D eigenvalue weighted by Gasteiger charge is -2.33. The number of benzene rings is 1. The number of carbonyl (C=O) groups is 3. The van der Waals surface area contributed by atoms with Crippen LogP contribution < -0.4 is 10.6 Å². The van der Waals surface area contributed by atoms with Crippen molar-refractivity contribution >= 4 is 23.6 Å². The molecule has 0 spiro atoms. The van der Waals surface area contributed by atoms with Crippen molar-refractivity contribution in [1.29, 1.82) is 0 Å². The largest absolute Gasteiger partial charge is 0.459 e. The molecule has 2 N–H and O–H groups in total. The Morgan fingerprint density at radius 3 is 2.48 bits per heavy atom. The van der Waals surface area contributed by atoms with E-state index < -0.39 is 12.0 Å². The Hall–Kier alpha value is -3.55. The van der Waals surface area contributed by atoms with Gasteiger partial charge in [0.05, 0.1) is 24.0 Å². The van der Waals surface area contributed by atoms with Gasteiger partial charge in [-0.3, -0.25) is 4.79 Å². The number of hydrogen-bond acceptors (Lipinski definition) is 5. The maximum absolute atomic E-state index is 12.7. The molecule has 8 heteroatoms. The van der Waals surface area contributed by atoms with Crippen LogP contribution in [-0.4, -0.2) is 36.0 Å². The summed E-state index contributed by atoms with van der Waals surface area (Å²) in [6, 6.07) is 9.10. The average Bonchev–Trinajstić information content (AvgIpc) is 3.20. The minimum absolute atomic E-state index is 0.203. The Balaban J connectivity index is 1.86. The van der Waals surface area contributed by atoms with Crippen molar-refractivity contribution in [3.8, 4) is 0 Å². The maximum atomic E-state index is 12.7. The van der Waals surface area contributed by atoms with Gasteiger partial charge in [-0.2, -0.15) is 0 Å². The van der Waals surface area contributed by atoms with E-state index in [-0.39, 0.29) is 23.8 Å². The van der Waals surface area contributed by atoms with Gasteiger partial charge in [0, 0.05) is 18.4 Å². The zero-order valence-corrected chi connectivity index (χ0v) is 16.7. The first-order chi connectivity index (χ1) is 13.8. The third-order valence-corrected chi connectivity index (χ3v) is 4.56. The van der Waals surface area contributed by atoms with Gasteiger partial charge in [-0.15, -0.1) is 0 Å². The van der Waals surface area contributed by atoms with E-state index in [9.17, 15) is 14.4 Å². The fourth-order valence-electron chi connectivity index (χ4n) is 2.99. The van der Waals surface area contributed by atoms with Crippen LogP contribution in [0.1, 0.15) is 42.9 Å². The Kier molecular flexibility index (Phi) is 5.72. The van der Waals surface area contributed by atoms with Crippen molar-refractivity contribution in [2.45, 2.75) is 32.9 Å². The molecule has 1 aromatic carbocycles. The lowest BCUT2D eigenvalue weighted by molar-refractivity contribution is -0.143. The van der Waals surface area contributed by atoms with Crippen LogP contribution >= 0.6 is 0 Å². The predicted molar refractivity (Wildman–Crippen MR) is 106 cm³/mol. The summed E-state index contributed by atoms with van der Waals surface area (Å²) in [5, 5.41) is 5.55. The first-order valence-electron chi connectivity index (χ1n) is 9.18. The molecule has 0 bridgehead atoms. The summed E-state index contributed by atoms with van der Waals surface area (Å²) >= 11 is 0. The number of nitrogens with zero attached hydrogens (tertiary/aromatic N) is 1. The summed E-state index contributed by atoms with van der Waals surface area (Å²) in [6.45, 7) is 5.25. The normalized spacial score (nSPS) is 16.7. The number of amides is 3. The summed E-state index contributed by atoms with van der Waals surface area (Å²) in [6.07, 6.45) is 1.14. The third-order valence-electron chi connectivity index (χ3n) is 4.56. The number of rotatable bonds is 5. The van der Waals surface area contributed by atoms with Crippen LogP contribution in [0.2, 0.25) is 0 Å². The Labute approximate surface area is 168 Å². The topological polar surface area (TPSA) is 101 Å². The number of hydrogen-bond donors (Lipinski definition) is 2. The fraction of sp³-hybridized carbons (Fsp3) is 0.286. The van der Waals surface area contributed by atoms with E-state index in [4.69, 9.17) is 9.15 Å². The highest BCUT2D eigenvalue weighted by Crippen LogP contribution is 2.31. The molecule has 152 valence electrons. The highest BCUT2D eigenvalue weighted by molar-refractivity contribution is 6.02. The zero-order chi connectivity index (χ0) is 21.1. The summed E-state index contributed by atoms with van der Waals surface area (Å²) in [4.78, 5) is 38.4. The molecule has 1 aromatic heterocycles. The summed E-state index contributed by atoms with van der Waals surface area (Å²) in [5.74, 6) is -0.647. The van der Waals surface area contributed by atoms with Crippen molar-refractivity contribution in [2.24, 2.45) is 0 Å². The number of ether oxygens (including phenoxy) is 1. The van der Waals surface area contributed by atoms with E-state index in [1.54, 1.807) is 64.2 Å². The minimum Gasteiger partial charge on any atom is -0.459 e. The number of anilines is 1. The van der Waals surface area contributed by atoms with Gasteiger partial charge in [-0.1, -0.05) is 12.1 Å². The van der Waals surface area contributed by atoms with Crippen LogP contribution in [0.25, 0.3) is 0 Å². The van der Waals surface area contributed by atoms with Gasteiger partial charge < -0.3 is 24.7 Å². The van der Waals surface area contributed by atoms with Crippen molar-refractivity contribution in [3.05, 3.63) is 65.3 Å². The van der Waals surface area contributed by atoms with Crippen LogP contribution in [-0.2, 0) is 9.53 Å². The van der Waals surface area contributed by atoms with Gasteiger partial charge in [-0.25, -0.2) is 9.59 Å². The SMILES string of the molecule is CC1=C(C(=O)OC(C)C)[C@H](c2ccc(NC(=O)c3ccco3)cc2)NC(=O)N1C. The van der Waals surface area contributed by atoms with E-state index in [2.05, 4.69) is 10.6 Å². The standard InChI is InChI=1S/C21H23N3O5/c1-12(2)29-20(26)17-13(3)24(4)21(27)23-18(17)14-7-9-15(10-8-14)22-19(25)16-6-5-11-28-16/h5-12,18H,1-4H3,(H,22,25)(H,23,27)/t18-/m0/s1. The van der Waals surface area contributed by atoms with Gasteiger partial charge in [0.1, 0.15) is 0 Å². The lowest BCUT2D eigenvalue weighted by Crippen LogP contribution is -2.46. The quantitative estimate of drug-likeness (QED) is 0.753.